The highest BCUT2D eigenvalue weighted by Crippen LogP contribution is 2.12. The Labute approximate surface area is 84.4 Å². The molecule has 1 heterocycles. The van der Waals surface area contributed by atoms with E-state index in [0.29, 0.717) is 5.06 Å². The fraction of sp³-hybridized carbons (Fsp3) is 0.571. The van der Waals surface area contributed by atoms with Crippen molar-refractivity contribution < 1.29 is 19.2 Å². The molecule has 2 amide bonds. The highest BCUT2D eigenvalue weighted by atomic mass is 16.7. The Balaban J connectivity index is 2.61. The molecule has 0 aliphatic carbocycles. The highest BCUT2D eigenvalue weighted by Gasteiger charge is 2.33. The standard InChI is InChI=1S/C7H8N4O4/c1-4(9-10-8)7(14)15-11-5(12)2-3-6(11)13/h4H,2-3H2,1H3. The van der Waals surface area contributed by atoms with Crippen LogP contribution in [0.25, 0.3) is 10.4 Å². The van der Waals surface area contributed by atoms with Crippen LogP contribution in [0, 0.1) is 0 Å². The number of amides is 2. The summed E-state index contributed by atoms with van der Waals surface area (Å²) in [5.41, 5.74) is 8.05. The summed E-state index contributed by atoms with van der Waals surface area (Å²) in [6.07, 6.45) is 0.0595. The number of carbonyl (C=O) groups is 3. The first kappa shape index (κ1) is 11.0. The lowest BCUT2D eigenvalue weighted by molar-refractivity contribution is -0.198. The van der Waals surface area contributed by atoms with E-state index in [4.69, 9.17) is 5.53 Å². The molecule has 8 heteroatoms. The van der Waals surface area contributed by atoms with E-state index in [1.54, 1.807) is 0 Å². The first-order valence-electron chi connectivity index (χ1n) is 4.18. The molecular weight excluding hydrogens is 204 g/mol. The van der Waals surface area contributed by atoms with Gasteiger partial charge in [0.2, 0.25) is 0 Å². The topological polar surface area (TPSA) is 112 Å². The zero-order valence-corrected chi connectivity index (χ0v) is 7.91. The third-order valence-corrected chi connectivity index (χ3v) is 1.75. The van der Waals surface area contributed by atoms with E-state index >= 15 is 0 Å². The predicted molar refractivity (Wildman–Crippen MR) is 45.8 cm³/mol. The Morgan fingerprint density at radius 1 is 1.53 bits per heavy atom. The van der Waals surface area contributed by atoms with Crippen LogP contribution in [0.1, 0.15) is 19.8 Å². The van der Waals surface area contributed by atoms with Crippen LogP contribution < -0.4 is 0 Å². The fourth-order valence-corrected chi connectivity index (χ4v) is 0.949. The Morgan fingerprint density at radius 2 is 2.07 bits per heavy atom. The zero-order chi connectivity index (χ0) is 11.4. The average molecular weight is 212 g/mol. The molecule has 1 aliphatic heterocycles. The van der Waals surface area contributed by atoms with E-state index in [-0.39, 0.29) is 12.8 Å². The van der Waals surface area contributed by atoms with E-state index in [1.165, 1.54) is 6.92 Å². The number of hydroxylamine groups is 2. The van der Waals surface area contributed by atoms with Crippen molar-refractivity contribution in [2.24, 2.45) is 5.11 Å². The number of imide groups is 1. The van der Waals surface area contributed by atoms with Crippen molar-refractivity contribution in [3.63, 3.8) is 0 Å². The summed E-state index contributed by atoms with van der Waals surface area (Å²) in [4.78, 5) is 40.1. The molecule has 15 heavy (non-hydrogen) atoms. The minimum absolute atomic E-state index is 0.0298. The third-order valence-electron chi connectivity index (χ3n) is 1.75. The monoisotopic (exact) mass is 212 g/mol. The molecule has 1 rings (SSSR count). The van der Waals surface area contributed by atoms with Gasteiger partial charge in [0.25, 0.3) is 11.8 Å². The molecule has 1 saturated heterocycles. The van der Waals surface area contributed by atoms with Gasteiger partial charge < -0.3 is 4.84 Å². The average Bonchev–Trinajstić information content (AvgIpc) is 2.49. The van der Waals surface area contributed by atoms with Crippen LogP contribution in [-0.2, 0) is 19.2 Å². The first-order chi connectivity index (χ1) is 7.06. The molecule has 0 spiro atoms. The van der Waals surface area contributed by atoms with Gasteiger partial charge >= 0.3 is 5.97 Å². The lowest BCUT2D eigenvalue weighted by Gasteiger charge is -2.13. The molecule has 0 aromatic carbocycles. The van der Waals surface area contributed by atoms with E-state index < -0.39 is 23.8 Å². The van der Waals surface area contributed by atoms with Gasteiger partial charge in [0.05, 0.1) is 0 Å². The van der Waals surface area contributed by atoms with E-state index in [9.17, 15) is 14.4 Å². The molecule has 0 radical (unpaired) electrons. The SMILES string of the molecule is CC(N=[N+]=[N-])C(=O)ON1C(=O)CCC1=O. The molecule has 8 nitrogen and oxygen atoms in total. The van der Waals surface area contributed by atoms with Crippen molar-refractivity contribution in [2.45, 2.75) is 25.8 Å². The van der Waals surface area contributed by atoms with Crippen LogP contribution in [0.3, 0.4) is 0 Å². The first-order valence-corrected chi connectivity index (χ1v) is 4.18. The van der Waals surface area contributed by atoms with Crippen molar-refractivity contribution in [3.8, 4) is 0 Å². The summed E-state index contributed by atoms with van der Waals surface area (Å²) < 4.78 is 0. The fourth-order valence-electron chi connectivity index (χ4n) is 0.949. The normalized spacial score (nSPS) is 17.3. The van der Waals surface area contributed by atoms with E-state index in [2.05, 4.69) is 14.9 Å². The molecule has 0 saturated carbocycles. The summed E-state index contributed by atoms with van der Waals surface area (Å²) in [6, 6.07) is -1.07. The van der Waals surface area contributed by atoms with E-state index in [0.717, 1.165) is 0 Å². The van der Waals surface area contributed by atoms with Gasteiger partial charge in [-0.2, -0.15) is 0 Å². The van der Waals surface area contributed by atoms with Gasteiger partial charge in [0.15, 0.2) is 0 Å². The molecular formula is C7H8N4O4. The molecule has 0 aromatic heterocycles. The Kier molecular flexibility index (Phi) is 3.25. The molecule has 1 unspecified atom stereocenters. The number of azide groups is 1. The molecule has 1 atom stereocenters. The largest absolute Gasteiger partial charge is 0.341 e. The molecule has 0 N–H and O–H groups in total. The minimum Gasteiger partial charge on any atom is -0.330 e. The van der Waals surface area contributed by atoms with Crippen LogP contribution in [-0.4, -0.2) is 28.9 Å². The summed E-state index contributed by atoms with van der Waals surface area (Å²) in [5, 5.41) is 3.48. The second kappa shape index (κ2) is 4.43. The van der Waals surface area contributed by atoms with Gasteiger partial charge in [0.1, 0.15) is 6.04 Å². The summed E-state index contributed by atoms with van der Waals surface area (Å²) >= 11 is 0. The maximum Gasteiger partial charge on any atom is 0.341 e. The number of hydrogen-bond donors (Lipinski definition) is 0. The zero-order valence-electron chi connectivity index (χ0n) is 7.91. The van der Waals surface area contributed by atoms with Gasteiger partial charge in [-0.05, 0) is 12.5 Å². The summed E-state index contributed by atoms with van der Waals surface area (Å²) in [7, 11) is 0. The van der Waals surface area contributed by atoms with Crippen molar-refractivity contribution in [3.05, 3.63) is 10.4 Å². The van der Waals surface area contributed by atoms with Gasteiger partial charge in [0, 0.05) is 17.8 Å². The van der Waals surface area contributed by atoms with Crippen molar-refractivity contribution in [1.82, 2.24) is 5.06 Å². The minimum atomic E-state index is -1.07. The molecule has 1 aliphatic rings. The van der Waals surface area contributed by atoms with E-state index in [1.807, 2.05) is 0 Å². The van der Waals surface area contributed by atoms with Gasteiger partial charge in [-0.25, -0.2) is 4.79 Å². The Hall–Kier alpha value is -2.08. The molecule has 0 aromatic rings. The smallest absolute Gasteiger partial charge is 0.330 e. The predicted octanol–water partition coefficient (Wildman–Crippen LogP) is 0.292. The molecule has 0 bridgehead atoms. The summed E-state index contributed by atoms with van der Waals surface area (Å²) in [5.74, 6) is -2.07. The number of nitrogens with zero attached hydrogens (tertiary/aromatic N) is 4. The number of carbonyl (C=O) groups excluding carboxylic acids is 3. The van der Waals surface area contributed by atoms with Crippen molar-refractivity contribution in [2.75, 3.05) is 0 Å². The Morgan fingerprint density at radius 3 is 2.53 bits per heavy atom. The van der Waals surface area contributed by atoms with Gasteiger partial charge in [-0.15, -0.1) is 5.06 Å². The third kappa shape index (κ3) is 2.44. The van der Waals surface area contributed by atoms with Crippen molar-refractivity contribution >= 4 is 17.8 Å². The molecule has 1 fully saturated rings. The van der Waals surface area contributed by atoms with Crippen LogP contribution in [0.5, 0.6) is 0 Å². The van der Waals surface area contributed by atoms with Crippen LogP contribution in [0.15, 0.2) is 5.11 Å². The lowest BCUT2D eigenvalue weighted by atomic mass is 10.4. The van der Waals surface area contributed by atoms with Gasteiger partial charge in [-0.1, -0.05) is 5.11 Å². The molecule has 80 valence electrons. The van der Waals surface area contributed by atoms with Crippen LogP contribution in [0.4, 0.5) is 0 Å². The maximum absolute atomic E-state index is 11.1. The highest BCUT2D eigenvalue weighted by molar-refractivity contribution is 6.01. The number of hydrogen-bond acceptors (Lipinski definition) is 5. The van der Waals surface area contributed by atoms with Crippen molar-refractivity contribution in [1.29, 1.82) is 0 Å². The van der Waals surface area contributed by atoms with Crippen LogP contribution >= 0.6 is 0 Å². The number of rotatable bonds is 3. The van der Waals surface area contributed by atoms with Gasteiger partial charge in [-0.3, -0.25) is 9.59 Å². The second-order valence-electron chi connectivity index (χ2n) is 2.87. The Bertz CT molecular complexity index is 344. The quantitative estimate of drug-likeness (QED) is 0.289. The second-order valence-corrected chi connectivity index (χ2v) is 2.87. The van der Waals surface area contributed by atoms with Crippen LogP contribution in [0.2, 0.25) is 0 Å². The maximum atomic E-state index is 11.1. The summed E-state index contributed by atoms with van der Waals surface area (Å²) in [6.45, 7) is 1.30. The lowest BCUT2D eigenvalue weighted by Crippen LogP contribution is -2.35.